The van der Waals surface area contributed by atoms with Gasteiger partial charge in [0.1, 0.15) is 6.10 Å². The van der Waals surface area contributed by atoms with E-state index in [9.17, 15) is 4.79 Å². The lowest BCUT2D eigenvalue weighted by Crippen LogP contribution is -2.37. The molecule has 2 aromatic rings. The summed E-state index contributed by atoms with van der Waals surface area (Å²) in [7, 11) is 0. The molecule has 4 rings (SSSR count). The zero-order valence-corrected chi connectivity index (χ0v) is 10.8. The normalized spacial score (nSPS) is 29.2. The number of carbonyl (C=O) groups is 1. The van der Waals surface area contributed by atoms with Crippen molar-refractivity contribution in [3.05, 3.63) is 48.0 Å². The van der Waals surface area contributed by atoms with Crippen LogP contribution in [-0.2, 0) is 19.0 Å². The Bertz CT molecular complexity index is 666. The number of ether oxygens (including phenoxy) is 3. The number of benzene rings is 2. The molecule has 2 aliphatic heterocycles. The van der Waals surface area contributed by atoms with Gasteiger partial charge in [-0.25, -0.2) is 0 Å². The van der Waals surface area contributed by atoms with Gasteiger partial charge in [-0.15, -0.1) is 0 Å². The van der Waals surface area contributed by atoms with Crippen LogP contribution in [0.1, 0.15) is 18.3 Å². The summed E-state index contributed by atoms with van der Waals surface area (Å²) in [5, 5.41) is 2.34. The van der Waals surface area contributed by atoms with E-state index in [1.165, 1.54) is 5.39 Å². The van der Waals surface area contributed by atoms with Gasteiger partial charge in [-0.1, -0.05) is 36.4 Å². The molecule has 20 heavy (non-hydrogen) atoms. The Kier molecular flexibility index (Phi) is 2.72. The van der Waals surface area contributed by atoms with Gasteiger partial charge in [0, 0.05) is 5.56 Å². The maximum Gasteiger partial charge on any atom is 0.309 e. The van der Waals surface area contributed by atoms with Crippen LogP contribution in [-0.4, -0.2) is 24.8 Å². The second kappa shape index (κ2) is 4.58. The fourth-order valence-electron chi connectivity index (χ4n) is 2.78. The predicted molar refractivity (Wildman–Crippen MR) is 72.0 cm³/mol. The van der Waals surface area contributed by atoms with Crippen LogP contribution in [0.3, 0.4) is 0 Å². The Morgan fingerprint density at radius 3 is 2.75 bits per heavy atom. The summed E-state index contributed by atoms with van der Waals surface area (Å²) < 4.78 is 16.7. The largest absolute Gasteiger partial charge is 0.457 e. The first kappa shape index (κ1) is 11.9. The Balaban J connectivity index is 1.61. The molecule has 2 heterocycles. The maximum atomic E-state index is 11.3. The molecule has 0 spiro atoms. The van der Waals surface area contributed by atoms with Crippen molar-refractivity contribution in [3.63, 3.8) is 0 Å². The first-order chi connectivity index (χ1) is 9.79. The highest BCUT2D eigenvalue weighted by atomic mass is 16.7. The molecule has 0 amide bonds. The molecule has 0 aromatic heterocycles. The van der Waals surface area contributed by atoms with E-state index >= 15 is 0 Å². The Labute approximate surface area is 116 Å². The van der Waals surface area contributed by atoms with E-state index < -0.39 is 6.29 Å². The molecular formula is C16H14O4. The van der Waals surface area contributed by atoms with Gasteiger partial charge in [-0.2, -0.15) is 0 Å². The quantitative estimate of drug-likeness (QED) is 0.747. The molecule has 4 heteroatoms. The third-order valence-corrected chi connectivity index (χ3v) is 3.82. The summed E-state index contributed by atoms with van der Waals surface area (Å²) in [6.07, 6.45) is -0.541. The van der Waals surface area contributed by atoms with Gasteiger partial charge in [0.2, 0.25) is 0 Å². The third kappa shape index (κ3) is 1.97. The number of carbonyl (C=O) groups excluding carboxylic acids is 1. The van der Waals surface area contributed by atoms with Crippen LogP contribution in [0.25, 0.3) is 10.8 Å². The molecule has 3 atom stereocenters. The van der Waals surface area contributed by atoms with Crippen molar-refractivity contribution in [2.45, 2.75) is 24.9 Å². The molecule has 0 saturated carbocycles. The predicted octanol–water partition coefficient (Wildman–Crippen LogP) is 2.57. The fraction of sp³-hybridized carbons (Fsp3) is 0.312. The molecule has 2 aromatic carbocycles. The van der Waals surface area contributed by atoms with Crippen LogP contribution in [0.2, 0.25) is 0 Å². The molecule has 4 nitrogen and oxygen atoms in total. The topological polar surface area (TPSA) is 44.8 Å². The average Bonchev–Trinajstić information content (AvgIpc) is 2.85. The lowest BCUT2D eigenvalue weighted by molar-refractivity contribution is -0.242. The Morgan fingerprint density at radius 2 is 1.85 bits per heavy atom. The van der Waals surface area contributed by atoms with E-state index in [0.717, 1.165) is 10.9 Å². The molecule has 102 valence electrons. The molecule has 0 bridgehead atoms. The van der Waals surface area contributed by atoms with Gasteiger partial charge in [0.15, 0.2) is 12.4 Å². The standard InChI is InChI=1S/C16H14O4/c17-15-8-13-14(19-15)9-18-16(20-13)12-6-5-10-3-1-2-4-11(10)7-12/h1-7,13-14,16H,8-9H2/t13-,14-,16-/m1/s1. The molecule has 0 unspecified atom stereocenters. The number of hydrogen-bond donors (Lipinski definition) is 0. The van der Waals surface area contributed by atoms with Gasteiger partial charge >= 0.3 is 5.97 Å². The second-order valence-corrected chi connectivity index (χ2v) is 5.18. The zero-order chi connectivity index (χ0) is 13.5. The summed E-state index contributed by atoms with van der Waals surface area (Å²) in [4.78, 5) is 11.3. The molecule has 0 N–H and O–H groups in total. The highest BCUT2D eigenvalue weighted by Crippen LogP contribution is 2.33. The summed E-state index contributed by atoms with van der Waals surface area (Å²) in [5.74, 6) is -0.206. The van der Waals surface area contributed by atoms with Gasteiger partial charge < -0.3 is 14.2 Å². The molecule has 0 aliphatic carbocycles. The first-order valence-electron chi connectivity index (χ1n) is 6.75. The van der Waals surface area contributed by atoms with Crippen molar-refractivity contribution in [2.75, 3.05) is 6.61 Å². The van der Waals surface area contributed by atoms with Crippen molar-refractivity contribution in [2.24, 2.45) is 0 Å². The van der Waals surface area contributed by atoms with Crippen molar-refractivity contribution in [3.8, 4) is 0 Å². The van der Waals surface area contributed by atoms with E-state index in [0.29, 0.717) is 13.0 Å². The van der Waals surface area contributed by atoms with Crippen LogP contribution in [0.4, 0.5) is 0 Å². The molecule has 2 fully saturated rings. The third-order valence-electron chi connectivity index (χ3n) is 3.82. The van der Waals surface area contributed by atoms with Gasteiger partial charge in [0.05, 0.1) is 13.0 Å². The Hall–Kier alpha value is -1.91. The number of fused-ring (bicyclic) bond motifs is 2. The summed E-state index contributed by atoms with van der Waals surface area (Å²) >= 11 is 0. The number of hydrogen-bond acceptors (Lipinski definition) is 4. The maximum absolute atomic E-state index is 11.3. The minimum absolute atomic E-state index is 0.187. The lowest BCUT2D eigenvalue weighted by atomic mass is 10.1. The second-order valence-electron chi connectivity index (χ2n) is 5.18. The van der Waals surface area contributed by atoms with Gasteiger partial charge in [-0.05, 0) is 16.8 Å². The van der Waals surface area contributed by atoms with Crippen molar-refractivity contribution >= 4 is 16.7 Å². The van der Waals surface area contributed by atoms with Crippen LogP contribution in [0.15, 0.2) is 42.5 Å². The van der Waals surface area contributed by atoms with Gasteiger partial charge in [0.25, 0.3) is 0 Å². The average molecular weight is 270 g/mol. The molecule has 2 aliphatic rings. The SMILES string of the molecule is O=C1C[C@H]2O[C@H](c3ccc4ccccc4c3)OC[C@H]2O1. The van der Waals surface area contributed by atoms with E-state index in [-0.39, 0.29) is 18.2 Å². The molecule has 2 saturated heterocycles. The zero-order valence-electron chi connectivity index (χ0n) is 10.8. The summed E-state index contributed by atoms with van der Waals surface area (Å²) in [6.45, 7) is 0.397. The lowest BCUT2D eigenvalue weighted by Gasteiger charge is -2.31. The highest BCUT2D eigenvalue weighted by Gasteiger charge is 2.41. The van der Waals surface area contributed by atoms with Crippen molar-refractivity contribution in [1.29, 1.82) is 0 Å². The van der Waals surface area contributed by atoms with Crippen LogP contribution >= 0.6 is 0 Å². The van der Waals surface area contributed by atoms with E-state index in [4.69, 9.17) is 14.2 Å². The minimum atomic E-state index is -0.421. The van der Waals surface area contributed by atoms with Crippen molar-refractivity contribution < 1.29 is 19.0 Å². The number of esters is 1. The molecular weight excluding hydrogens is 256 g/mol. The number of rotatable bonds is 1. The van der Waals surface area contributed by atoms with Crippen molar-refractivity contribution in [1.82, 2.24) is 0 Å². The van der Waals surface area contributed by atoms with E-state index in [2.05, 4.69) is 24.3 Å². The Morgan fingerprint density at radius 1 is 1.00 bits per heavy atom. The highest BCUT2D eigenvalue weighted by molar-refractivity contribution is 5.83. The minimum Gasteiger partial charge on any atom is -0.457 e. The van der Waals surface area contributed by atoms with Crippen LogP contribution < -0.4 is 0 Å². The van der Waals surface area contributed by atoms with Gasteiger partial charge in [-0.3, -0.25) is 4.79 Å². The molecule has 0 radical (unpaired) electrons. The monoisotopic (exact) mass is 270 g/mol. The summed E-state index contributed by atoms with van der Waals surface area (Å²) in [6, 6.07) is 14.3. The smallest absolute Gasteiger partial charge is 0.309 e. The first-order valence-corrected chi connectivity index (χ1v) is 6.75. The van der Waals surface area contributed by atoms with E-state index in [1.807, 2.05) is 18.2 Å². The van der Waals surface area contributed by atoms with Crippen LogP contribution in [0.5, 0.6) is 0 Å². The fourth-order valence-corrected chi connectivity index (χ4v) is 2.78. The van der Waals surface area contributed by atoms with Crippen LogP contribution in [0, 0.1) is 0 Å². The summed E-state index contributed by atoms with van der Waals surface area (Å²) in [5.41, 5.74) is 0.974. The van der Waals surface area contributed by atoms with E-state index in [1.54, 1.807) is 0 Å².